The van der Waals surface area contributed by atoms with E-state index in [1.54, 1.807) is 60.7 Å². The number of rotatable bonds is 6. The number of nitrogens with zero attached hydrogens (tertiary/aromatic N) is 2. The fourth-order valence-electron chi connectivity index (χ4n) is 4.18. The molecule has 0 radical (unpaired) electrons. The molecular formula is C27H22N2O4S2-2. The molecule has 1 aliphatic rings. The van der Waals surface area contributed by atoms with Crippen LogP contribution in [0.3, 0.4) is 0 Å². The molecule has 0 fully saturated rings. The third-order valence-corrected chi connectivity index (χ3v) is 8.66. The lowest BCUT2D eigenvalue weighted by molar-refractivity contribution is 0.601. The van der Waals surface area contributed by atoms with Gasteiger partial charge in [0.15, 0.2) is 0 Å². The Hall–Kier alpha value is -3.62. The van der Waals surface area contributed by atoms with Crippen molar-refractivity contribution in [3.05, 3.63) is 117 Å². The summed E-state index contributed by atoms with van der Waals surface area (Å²) in [5.74, 6) is 0. The minimum absolute atomic E-state index is 0.106. The lowest BCUT2D eigenvalue weighted by Gasteiger charge is -2.24. The molecule has 0 spiro atoms. The molecule has 0 heterocycles. The fraction of sp³-hybridized carbons (Fsp3) is 0.111. The van der Waals surface area contributed by atoms with Crippen molar-refractivity contribution < 1.29 is 16.8 Å². The summed E-state index contributed by atoms with van der Waals surface area (Å²) in [7, 11) is -7.80. The molecule has 0 unspecified atom stereocenters. The number of hydrogen-bond donors (Lipinski definition) is 0. The molecule has 0 saturated heterocycles. The number of hydrogen-bond acceptors (Lipinski definition) is 4. The maximum Gasteiger partial charge on any atom is 0.123 e. The molecule has 0 amide bonds. The number of aryl methyl sites for hydroxylation is 2. The molecule has 5 rings (SSSR count). The zero-order valence-corrected chi connectivity index (χ0v) is 20.8. The van der Waals surface area contributed by atoms with E-state index < -0.39 is 20.0 Å². The van der Waals surface area contributed by atoms with Crippen LogP contribution in [0, 0.1) is 13.8 Å². The molecule has 6 nitrogen and oxygen atoms in total. The van der Waals surface area contributed by atoms with Gasteiger partial charge < -0.3 is 9.44 Å². The van der Waals surface area contributed by atoms with Gasteiger partial charge in [0, 0.05) is 0 Å². The molecular weight excluding hydrogens is 480 g/mol. The lowest BCUT2D eigenvalue weighted by atomic mass is 10.1. The zero-order chi connectivity index (χ0) is 24.8. The largest absolute Gasteiger partial charge is 0.572 e. The highest BCUT2D eigenvalue weighted by Gasteiger charge is 2.22. The van der Waals surface area contributed by atoms with Crippen LogP contribution in [0.2, 0.25) is 0 Å². The van der Waals surface area contributed by atoms with Gasteiger partial charge in [-0.1, -0.05) is 71.8 Å². The van der Waals surface area contributed by atoms with Gasteiger partial charge in [-0.25, -0.2) is 16.8 Å². The van der Waals surface area contributed by atoms with Gasteiger partial charge >= 0.3 is 0 Å². The van der Waals surface area contributed by atoms with E-state index in [9.17, 15) is 16.8 Å². The van der Waals surface area contributed by atoms with E-state index in [0.29, 0.717) is 17.8 Å². The van der Waals surface area contributed by atoms with Gasteiger partial charge in [0.25, 0.3) is 0 Å². The van der Waals surface area contributed by atoms with Gasteiger partial charge in [-0.15, -0.1) is 11.4 Å². The predicted octanol–water partition coefficient (Wildman–Crippen LogP) is 6.66. The van der Waals surface area contributed by atoms with Gasteiger partial charge in [-0.05, 0) is 66.8 Å². The minimum Gasteiger partial charge on any atom is -0.572 e. The molecule has 8 heteroatoms. The van der Waals surface area contributed by atoms with E-state index in [0.717, 1.165) is 33.4 Å². The van der Waals surface area contributed by atoms with E-state index in [4.69, 9.17) is 0 Å². The first kappa shape index (κ1) is 23.1. The molecule has 0 atom stereocenters. The Morgan fingerprint density at radius 2 is 0.971 bits per heavy atom. The average molecular weight is 503 g/mol. The third kappa shape index (κ3) is 4.42. The van der Waals surface area contributed by atoms with Crippen LogP contribution in [0.25, 0.3) is 20.6 Å². The first-order valence-corrected chi connectivity index (χ1v) is 13.9. The van der Waals surface area contributed by atoms with Gasteiger partial charge in [0.2, 0.25) is 0 Å². The molecule has 178 valence electrons. The van der Waals surface area contributed by atoms with Gasteiger partial charge in [0.05, 0.1) is 9.79 Å². The van der Waals surface area contributed by atoms with Crippen LogP contribution in [-0.4, -0.2) is 16.8 Å². The third-order valence-electron chi connectivity index (χ3n) is 6.09. The topological polar surface area (TPSA) is 96.5 Å². The Kier molecular flexibility index (Phi) is 5.65. The summed E-state index contributed by atoms with van der Waals surface area (Å²) in [6.07, 6.45) is 0.423. The minimum atomic E-state index is -3.90. The summed E-state index contributed by atoms with van der Waals surface area (Å²) in [5.41, 5.74) is 5.75. The van der Waals surface area contributed by atoms with Crippen LogP contribution in [0.5, 0.6) is 0 Å². The van der Waals surface area contributed by atoms with Crippen LogP contribution in [-0.2, 0) is 26.5 Å². The van der Waals surface area contributed by atoms with Crippen LogP contribution < -0.4 is 0 Å². The van der Waals surface area contributed by atoms with Crippen molar-refractivity contribution in [2.24, 2.45) is 0 Å². The smallest absolute Gasteiger partial charge is 0.123 e. The molecule has 0 aliphatic heterocycles. The monoisotopic (exact) mass is 502 g/mol. The van der Waals surface area contributed by atoms with Crippen molar-refractivity contribution in [1.29, 1.82) is 0 Å². The highest BCUT2D eigenvalue weighted by molar-refractivity contribution is 7.94. The van der Waals surface area contributed by atoms with Crippen LogP contribution in [0.15, 0.2) is 94.7 Å². The fourth-order valence-corrected chi connectivity index (χ4v) is 6.38. The Balaban J connectivity index is 1.43. The molecule has 1 aliphatic carbocycles. The van der Waals surface area contributed by atoms with E-state index in [2.05, 4.69) is 9.44 Å². The highest BCUT2D eigenvalue weighted by Crippen LogP contribution is 2.41. The summed E-state index contributed by atoms with van der Waals surface area (Å²) in [6, 6.07) is 24.0. The second-order valence-electron chi connectivity index (χ2n) is 8.52. The zero-order valence-electron chi connectivity index (χ0n) is 19.1. The van der Waals surface area contributed by atoms with Crippen molar-refractivity contribution in [3.8, 4) is 11.1 Å². The van der Waals surface area contributed by atoms with Gasteiger partial charge in [-0.3, -0.25) is 0 Å². The molecule has 35 heavy (non-hydrogen) atoms. The van der Waals surface area contributed by atoms with Crippen molar-refractivity contribution in [2.45, 2.75) is 30.1 Å². The quantitative estimate of drug-likeness (QED) is 0.259. The molecule has 0 aromatic heterocycles. The van der Waals surface area contributed by atoms with Gasteiger partial charge in [0.1, 0.15) is 20.0 Å². The van der Waals surface area contributed by atoms with E-state index >= 15 is 0 Å². The number of sulfonamides is 2. The number of fused-ring (bicyclic) bond motifs is 3. The first-order valence-electron chi connectivity index (χ1n) is 11.0. The second-order valence-corrected chi connectivity index (χ2v) is 11.7. The van der Waals surface area contributed by atoms with Crippen LogP contribution in [0.4, 0.5) is 11.4 Å². The summed E-state index contributed by atoms with van der Waals surface area (Å²) >= 11 is 0. The highest BCUT2D eigenvalue weighted by atomic mass is 32.2. The maximum absolute atomic E-state index is 13.0. The molecule has 0 bridgehead atoms. The van der Waals surface area contributed by atoms with Crippen molar-refractivity contribution in [1.82, 2.24) is 0 Å². The molecule has 4 aromatic rings. The Morgan fingerprint density at radius 3 is 1.37 bits per heavy atom. The summed E-state index contributed by atoms with van der Waals surface area (Å²) in [4.78, 5) is 0.212. The lowest BCUT2D eigenvalue weighted by Crippen LogP contribution is -1.99. The van der Waals surface area contributed by atoms with E-state index in [-0.39, 0.29) is 9.79 Å². The number of benzene rings is 4. The molecule has 0 N–H and O–H groups in total. The SMILES string of the molecule is Cc1ccccc1[N-]S(=O)(=O)c1ccc2c(c1)Cc1cc(S(=O)(=O)[N-]c3ccccc3C)ccc1-2. The molecule has 0 saturated carbocycles. The van der Waals surface area contributed by atoms with Crippen molar-refractivity contribution in [2.75, 3.05) is 0 Å². The normalized spacial score (nSPS) is 12.6. The Labute approximate surface area is 205 Å². The van der Waals surface area contributed by atoms with Crippen LogP contribution in [0.1, 0.15) is 22.3 Å². The van der Waals surface area contributed by atoms with Gasteiger partial charge in [-0.2, -0.15) is 0 Å². The van der Waals surface area contributed by atoms with E-state index in [1.165, 1.54) is 0 Å². The Bertz CT molecular complexity index is 1550. The summed E-state index contributed by atoms with van der Waals surface area (Å²) in [6.45, 7) is 3.62. The van der Waals surface area contributed by atoms with Crippen LogP contribution >= 0.6 is 0 Å². The average Bonchev–Trinajstić information content (AvgIpc) is 3.19. The summed E-state index contributed by atoms with van der Waals surface area (Å²) in [5, 5.41) is 0. The summed E-state index contributed by atoms with van der Waals surface area (Å²) < 4.78 is 59.8. The first-order chi connectivity index (χ1) is 16.6. The second kappa shape index (κ2) is 8.55. The maximum atomic E-state index is 13.0. The van der Waals surface area contributed by atoms with Crippen molar-refractivity contribution >= 4 is 31.4 Å². The standard InChI is InChI=1S/C27H22N2O4S2/c1-18-7-3-5-9-26(18)28-34(30,31)22-11-13-24-20(16-22)15-21-17-23(12-14-25(21)24)35(32,33)29-27-10-6-4-8-19(27)2/h3-14,16-17H,15H2,1-2H3/q-2. The Morgan fingerprint density at radius 1 is 0.571 bits per heavy atom. The van der Waals surface area contributed by atoms with E-state index in [1.807, 2.05) is 38.1 Å². The van der Waals surface area contributed by atoms with Crippen molar-refractivity contribution in [3.63, 3.8) is 0 Å². The molecule has 4 aromatic carbocycles. The predicted molar refractivity (Wildman–Crippen MR) is 137 cm³/mol.